The summed E-state index contributed by atoms with van der Waals surface area (Å²) in [6.07, 6.45) is 1.68. The minimum atomic E-state index is -1.14. The third kappa shape index (κ3) is 4.69. The van der Waals surface area contributed by atoms with Gasteiger partial charge in [-0.1, -0.05) is 42.2 Å². The molecule has 0 saturated carbocycles. The third-order valence-corrected chi connectivity index (χ3v) is 6.52. The molecule has 0 saturated heterocycles. The number of hydrogen-bond acceptors (Lipinski definition) is 6. The molecule has 3 heterocycles. The Labute approximate surface area is 212 Å². The van der Waals surface area contributed by atoms with Crippen LogP contribution >= 0.6 is 11.3 Å². The van der Waals surface area contributed by atoms with Crippen molar-refractivity contribution in [1.82, 2.24) is 14.7 Å². The van der Waals surface area contributed by atoms with E-state index in [4.69, 9.17) is 4.74 Å². The number of nitrogens with zero attached hydrogens (tertiary/aromatic N) is 3. The Morgan fingerprint density at radius 1 is 1.25 bits per heavy atom. The van der Waals surface area contributed by atoms with Crippen LogP contribution in [-0.2, 0) is 4.79 Å². The van der Waals surface area contributed by atoms with E-state index < -0.39 is 17.6 Å². The van der Waals surface area contributed by atoms with Crippen molar-refractivity contribution in [2.45, 2.75) is 25.5 Å². The lowest BCUT2D eigenvalue weighted by atomic mass is 10.1. The zero-order valence-electron chi connectivity index (χ0n) is 20.0. The quantitative estimate of drug-likeness (QED) is 0.421. The summed E-state index contributed by atoms with van der Waals surface area (Å²) >= 11 is 1.44. The molecule has 5 rings (SSSR count). The van der Waals surface area contributed by atoms with Crippen molar-refractivity contribution in [3.63, 3.8) is 0 Å². The van der Waals surface area contributed by atoms with Gasteiger partial charge in [0.1, 0.15) is 29.7 Å². The fraction of sp³-hybridized carbons (Fsp3) is 0.222. The van der Waals surface area contributed by atoms with E-state index in [0.29, 0.717) is 22.0 Å². The Kier molecular flexibility index (Phi) is 6.00. The molecular weight excluding hydrogens is 476 g/mol. The molecule has 8 nitrogen and oxygen atoms in total. The molecule has 1 atom stereocenters. The maximum atomic E-state index is 13.2. The lowest BCUT2D eigenvalue weighted by Crippen LogP contribution is -2.49. The maximum absolute atomic E-state index is 13.2. The molecule has 2 amide bonds. The van der Waals surface area contributed by atoms with Gasteiger partial charge < -0.3 is 20.1 Å². The minimum Gasteiger partial charge on any atom is -0.489 e. The van der Waals surface area contributed by atoms with Crippen molar-refractivity contribution < 1.29 is 19.4 Å². The number of fused-ring (bicyclic) bond motifs is 2. The number of thiazole rings is 1. The molecule has 2 aromatic heterocycles. The largest absolute Gasteiger partial charge is 0.489 e. The number of amides is 2. The van der Waals surface area contributed by atoms with Crippen LogP contribution in [-0.4, -0.2) is 51.6 Å². The van der Waals surface area contributed by atoms with Gasteiger partial charge in [0, 0.05) is 24.2 Å². The van der Waals surface area contributed by atoms with Gasteiger partial charge in [0.15, 0.2) is 4.96 Å². The summed E-state index contributed by atoms with van der Waals surface area (Å²) in [6, 6.07) is 14.2. The predicted octanol–water partition coefficient (Wildman–Crippen LogP) is 3.34. The van der Waals surface area contributed by atoms with Crippen LogP contribution in [0.25, 0.3) is 16.2 Å². The van der Waals surface area contributed by atoms with Crippen LogP contribution in [0.5, 0.6) is 5.75 Å². The minimum absolute atomic E-state index is 0.0197. The SMILES string of the molecule is CN1C(=O)[C@@H](NC(=O)c2cn3c(-c4ccccc4)csc3n2)COc2ccc(C#CC(C)(C)O)cc21. The summed E-state index contributed by atoms with van der Waals surface area (Å²) in [7, 11) is 1.63. The molecule has 1 aliphatic heterocycles. The van der Waals surface area contributed by atoms with Crippen molar-refractivity contribution in [3.8, 4) is 28.8 Å². The number of hydrogen-bond donors (Lipinski definition) is 2. The first-order valence-corrected chi connectivity index (χ1v) is 12.2. The number of nitrogens with one attached hydrogen (secondary N) is 1. The Hall–Kier alpha value is -4.13. The fourth-order valence-electron chi connectivity index (χ4n) is 3.85. The van der Waals surface area contributed by atoms with Crippen LogP contribution < -0.4 is 15.0 Å². The molecule has 9 heteroatoms. The molecule has 0 bridgehead atoms. The Morgan fingerprint density at radius 3 is 2.78 bits per heavy atom. The molecule has 0 unspecified atom stereocenters. The molecular formula is C27H24N4O4S. The predicted molar refractivity (Wildman–Crippen MR) is 138 cm³/mol. The number of carbonyl (C=O) groups excluding carboxylic acids is 2. The number of aliphatic hydroxyl groups is 1. The second kappa shape index (κ2) is 9.15. The summed E-state index contributed by atoms with van der Waals surface area (Å²) in [5.41, 5.74) is 2.22. The van der Waals surface area contributed by atoms with E-state index in [2.05, 4.69) is 22.1 Å². The van der Waals surface area contributed by atoms with Crippen molar-refractivity contribution >= 4 is 33.8 Å². The first-order chi connectivity index (χ1) is 17.2. The summed E-state index contributed by atoms with van der Waals surface area (Å²) in [6.45, 7) is 3.18. The standard InChI is InChI=1S/C27H24N4O4S/c1-27(2,34)12-11-17-9-10-23-21(13-17)30(3)25(33)20(15-35-23)28-24(32)19-14-31-22(16-36-26(31)29-19)18-7-5-4-6-8-18/h4-10,13-14,16,20,34H,15H2,1-3H3,(H,28,32)/t20-/m0/s1. The molecule has 182 valence electrons. The molecule has 0 radical (unpaired) electrons. The third-order valence-electron chi connectivity index (χ3n) is 5.68. The van der Waals surface area contributed by atoms with E-state index in [1.54, 1.807) is 45.3 Å². The first kappa shape index (κ1) is 23.6. The molecule has 36 heavy (non-hydrogen) atoms. The second-order valence-electron chi connectivity index (χ2n) is 8.99. The average Bonchev–Trinajstić information content (AvgIpc) is 3.43. The van der Waals surface area contributed by atoms with E-state index in [1.165, 1.54) is 16.2 Å². The van der Waals surface area contributed by atoms with Gasteiger partial charge in [-0.15, -0.1) is 11.3 Å². The van der Waals surface area contributed by atoms with Crippen LogP contribution in [0.15, 0.2) is 60.1 Å². The fourth-order valence-corrected chi connectivity index (χ4v) is 4.73. The van der Waals surface area contributed by atoms with Crippen LogP contribution in [0.4, 0.5) is 5.69 Å². The molecule has 2 aromatic carbocycles. The molecule has 0 spiro atoms. The zero-order chi connectivity index (χ0) is 25.4. The monoisotopic (exact) mass is 500 g/mol. The number of rotatable bonds is 3. The maximum Gasteiger partial charge on any atom is 0.272 e. The summed E-state index contributed by atoms with van der Waals surface area (Å²) in [5, 5.41) is 14.6. The van der Waals surface area contributed by atoms with E-state index in [0.717, 1.165) is 11.3 Å². The number of benzene rings is 2. The van der Waals surface area contributed by atoms with Crippen molar-refractivity contribution in [2.75, 3.05) is 18.6 Å². The van der Waals surface area contributed by atoms with E-state index in [9.17, 15) is 14.7 Å². The van der Waals surface area contributed by atoms with E-state index >= 15 is 0 Å². The van der Waals surface area contributed by atoms with Crippen LogP contribution in [0.1, 0.15) is 29.9 Å². The topological polar surface area (TPSA) is 96.2 Å². The highest BCUT2D eigenvalue weighted by atomic mass is 32.1. The van der Waals surface area contributed by atoms with Gasteiger partial charge in [0.2, 0.25) is 0 Å². The number of likely N-dealkylation sites (N-methyl/N-ethyl adjacent to an activating group) is 1. The number of anilines is 1. The van der Waals surface area contributed by atoms with E-state index in [1.807, 2.05) is 40.1 Å². The summed E-state index contributed by atoms with van der Waals surface area (Å²) in [5.74, 6) is 5.40. The molecule has 4 aromatic rings. The van der Waals surface area contributed by atoms with Gasteiger partial charge in [-0.05, 0) is 37.6 Å². The lowest BCUT2D eigenvalue weighted by molar-refractivity contribution is -0.120. The second-order valence-corrected chi connectivity index (χ2v) is 9.83. The summed E-state index contributed by atoms with van der Waals surface area (Å²) in [4.78, 5) is 32.8. The van der Waals surface area contributed by atoms with Crippen LogP contribution in [0, 0.1) is 11.8 Å². The zero-order valence-corrected chi connectivity index (χ0v) is 20.8. The van der Waals surface area contributed by atoms with E-state index in [-0.39, 0.29) is 18.2 Å². The van der Waals surface area contributed by atoms with Crippen LogP contribution in [0.3, 0.4) is 0 Å². The van der Waals surface area contributed by atoms with Gasteiger partial charge in [-0.3, -0.25) is 14.0 Å². The highest BCUT2D eigenvalue weighted by Crippen LogP contribution is 2.32. The van der Waals surface area contributed by atoms with Gasteiger partial charge in [-0.25, -0.2) is 4.98 Å². The number of aromatic nitrogens is 2. The van der Waals surface area contributed by atoms with Gasteiger partial charge in [0.25, 0.3) is 11.8 Å². The van der Waals surface area contributed by atoms with Crippen molar-refractivity contribution in [3.05, 3.63) is 71.4 Å². The normalized spacial score (nSPS) is 15.5. The Bertz CT molecular complexity index is 1520. The Morgan fingerprint density at radius 2 is 2.03 bits per heavy atom. The van der Waals surface area contributed by atoms with Gasteiger partial charge in [0.05, 0.1) is 11.4 Å². The van der Waals surface area contributed by atoms with Crippen molar-refractivity contribution in [2.24, 2.45) is 0 Å². The smallest absolute Gasteiger partial charge is 0.272 e. The van der Waals surface area contributed by atoms with Gasteiger partial charge >= 0.3 is 0 Å². The highest BCUT2D eigenvalue weighted by Gasteiger charge is 2.31. The van der Waals surface area contributed by atoms with Crippen molar-refractivity contribution in [1.29, 1.82) is 0 Å². The molecule has 2 N–H and O–H groups in total. The highest BCUT2D eigenvalue weighted by molar-refractivity contribution is 7.15. The summed E-state index contributed by atoms with van der Waals surface area (Å²) < 4.78 is 7.74. The molecule has 0 fully saturated rings. The lowest BCUT2D eigenvalue weighted by Gasteiger charge is -2.20. The van der Waals surface area contributed by atoms with Crippen LogP contribution in [0.2, 0.25) is 0 Å². The first-order valence-electron chi connectivity index (χ1n) is 11.3. The number of ether oxygens (including phenoxy) is 1. The molecule has 1 aliphatic rings. The Balaban J connectivity index is 1.35. The van der Waals surface area contributed by atoms with Gasteiger partial charge in [-0.2, -0.15) is 0 Å². The average molecular weight is 501 g/mol. The molecule has 0 aliphatic carbocycles. The number of imidazole rings is 1. The number of carbonyl (C=O) groups is 2.